The predicted molar refractivity (Wildman–Crippen MR) is 88.4 cm³/mol. The maximum absolute atomic E-state index is 12.0. The number of nitrogens with one attached hydrogen (secondary N) is 2. The fourth-order valence-corrected chi connectivity index (χ4v) is 2.81. The Hall–Kier alpha value is -1.95. The van der Waals surface area contributed by atoms with E-state index in [0.29, 0.717) is 10.7 Å². The van der Waals surface area contributed by atoms with Crippen LogP contribution in [0.4, 0.5) is 0 Å². The zero-order valence-corrected chi connectivity index (χ0v) is 13.3. The summed E-state index contributed by atoms with van der Waals surface area (Å²) in [4.78, 5) is 15.9. The molecule has 0 saturated carbocycles. The highest BCUT2D eigenvalue weighted by molar-refractivity contribution is 6.29. The number of nitrogens with zero attached hydrogens (tertiary/aromatic N) is 1. The molecule has 1 aromatic carbocycles. The molecule has 1 aliphatic rings. The number of aliphatic hydroxyl groups excluding tert-OH is 1. The first-order chi connectivity index (χ1) is 11.1. The highest BCUT2D eigenvalue weighted by atomic mass is 35.5. The Labute approximate surface area is 139 Å². The van der Waals surface area contributed by atoms with Crippen molar-refractivity contribution < 1.29 is 9.90 Å². The molecule has 3 rings (SSSR count). The minimum atomic E-state index is -0.660. The quantitative estimate of drug-likeness (QED) is 0.743. The number of carbonyl (C=O) groups excluding carboxylic acids is 1. The smallest absolute Gasteiger partial charge is 0.252 e. The molecule has 120 valence electrons. The van der Waals surface area contributed by atoms with Gasteiger partial charge in [0, 0.05) is 25.3 Å². The maximum Gasteiger partial charge on any atom is 0.252 e. The second-order valence-corrected chi connectivity index (χ2v) is 5.99. The monoisotopic (exact) mass is 331 g/mol. The summed E-state index contributed by atoms with van der Waals surface area (Å²) in [5, 5.41) is 16.7. The highest BCUT2D eigenvalue weighted by Gasteiger charge is 2.24. The number of aliphatic hydroxyl groups is 1. The summed E-state index contributed by atoms with van der Waals surface area (Å²) >= 11 is 5.70. The lowest BCUT2D eigenvalue weighted by atomic mass is 9.93. The van der Waals surface area contributed by atoms with E-state index >= 15 is 0 Å². The first kappa shape index (κ1) is 15.9. The number of hydrogen-bond acceptors (Lipinski definition) is 4. The van der Waals surface area contributed by atoms with Gasteiger partial charge in [0.25, 0.3) is 5.91 Å². The Balaban J connectivity index is 1.55. The molecule has 2 aromatic rings. The maximum atomic E-state index is 12.0. The van der Waals surface area contributed by atoms with Gasteiger partial charge in [-0.3, -0.25) is 4.79 Å². The van der Waals surface area contributed by atoms with Crippen molar-refractivity contribution in [2.24, 2.45) is 0 Å². The van der Waals surface area contributed by atoms with E-state index in [-0.39, 0.29) is 18.5 Å². The number of carbonyl (C=O) groups is 1. The molecule has 0 fully saturated rings. The number of aromatic nitrogens is 1. The van der Waals surface area contributed by atoms with Gasteiger partial charge < -0.3 is 15.7 Å². The van der Waals surface area contributed by atoms with Gasteiger partial charge in [-0.15, -0.1) is 0 Å². The van der Waals surface area contributed by atoms with Crippen LogP contribution in [0.3, 0.4) is 0 Å². The molecular formula is C17H18ClN3O2. The number of pyridine rings is 1. The Bertz CT molecular complexity index is 690. The molecule has 6 heteroatoms. The molecule has 0 saturated heterocycles. The van der Waals surface area contributed by atoms with E-state index in [9.17, 15) is 9.90 Å². The van der Waals surface area contributed by atoms with E-state index in [0.717, 1.165) is 13.0 Å². The van der Waals surface area contributed by atoms with Gasteiger partial charge in [0.1, 0.15) is 5.15 Å². The van der Waals surface area contributed by atoms with Crippen LogP contribution in [0.25, 0.3) is 0 Å². The van der Waals surface area contributed by atoms with E-state index in [4.69, 9.17) is 11.6 Å². The van der Waals surface area contributed by atoms with Crippen LogP contribution in [-0.4, -0.2) is 34.7 Å². The molecule has 0 radical (unpaired) electrons. The number of rotatable bonds is 4. The largest absolute Gasteiger partial charge is 0.390 e. The van der Waals surface area contributed by atoms with Crippen LogP contribution in [0, 0.1) is 0 Å². The second kappa shape index (κ2) is 7.08. The third kappa shape index (κ3) is 3.88. The van der Waals surface area contributed by atoms with Crippen molar-refractivity contribution in [2.45, 2.75) is 25.1 Å². The van der Waals surface area contributed by atoms with Crippen LogP contribution in [0.2, 0.25) is 5.15 Å². The lowest BCUT2D eigenvalue weighted by Gasteiger charge is -2.30. The van der Waals surface area contributed by atoms with Crippen molar-refractivity contribution >= 4 is 17.5 Å². The van der Waals surface area contributed by atoms with Crippen LogP contribution in [-0.2, 0) is 13.0 Å². The fraction of sp³-hybridized carbons (Fsp3) is 0.294. The third-order valence-electron chi connectivity index (χ3n) is 4.04. The fourth-order valence-electron chi connectivity index (χ4n) is 2.70. The molecule has 1 aliphatic heterocycles. The molecule has 23 heavy (non-hydrogen) atoms. The summed E-state index contributed by atoms with van der Waals surface area (Å²) in [7, 11) is 0. The minimum absolute atomic E-state index is 0.0754. The predicted octanol–water partition coefficient (Wildman–Crippen LogP) is 1.54. The topological polar surface area (TPSA) is 74.2 Å². The standard InChI is InChI=1S/C17H18ClN3O2/c18-16-6-5-13(9-20-16)17(23)21-10-15(22)14-7-11-3-1-2-4-12(11)8-19-14/h1-6,9,14-15,19,22H,7-8,10H2,(H,21,23)/t14-,15+/m0/s1. The van der Waals surface area contributed by atoms with Gasteiger partial charge >= 0.3 is 0 Å². The second-order valence-electron chi connectivity index (χ2n) is 5.61. The van der Waals surface area contributed by atoms with Crippen LogP contribution in [0.1, 0.15) is 21.5 Å². The Morgan fingerprint density at radius 3 is 2.87 bits per heavy atom. The van der Waals surface area contributed by atoms with Crippen molar-refractivity contribution in [1.82, 2.24) is 15.6 Å². The zero-order chi connectivity index (χ0) is 16.2. The van der Waals surface area contributed by atoms with Crippen molar-refractivity contribution in [1.29, 1.82) is 0 Å². The summed E-state index contributed by atoms with van der Waals surface area (Å²) in [6.07, 6.45) is 1.50. The molecule has 5 nitrogen and oxygen atoms in total. The van der Waals surface area contributed by atoms with Gasteiger partial charge in [0.2, 0.25) is 0 Å². The van der Waals surface area contributed by atoms with E-state index < -0.39 is 6.10 Å². The molecule has 1 aromatic heterocycles. The van der Waals surface area contributed by atoms with Gasteiger partial charge in [0.15, 0.2) is 0 Å². The lowest BCUT2D eigenvalue weighted by Crippen LogP contribution is -2.49. The zero-order valence-electron chi connectivity index (χ0n) is 12.5. The number of amides is 1. The van der Waals surface area contributed by atoms with Crippen molar-refractivity contribution in [3.63, 3.8) is 0 Å². The summed E-state index contributed by atoms with van der Waals surface area (Å²) in [6.45, 7) is 0.911. The van der Waals surface area contributed by atoms with Crippen LogP contribution in [0.5, 0.6) is 0 Å². The van der Waals surface area contributed by atoms with Crippen molar-refractivity contribution in [2.75, 3.05) is 6.54 Å². The minimum Gasteiger partial charge on any atom is -0.390 e. The molecule has 1 amide bonds. The van der Waals surface area contributed by atoms with Crippen molar-refractivity contribution in [3.05, 3.63) is 64.4 Å². The van der Waals surface area contributed by atoms with Crippen LogP contribution in [0.15, 0.2) is 42.6 Å². The number of halogens is 1. The average molecular weight is 332 g/mol. The van der Waals surface area contributed by atoms with Gasteiger partial charge in [-0.2, -0.15) is 0 Å². The Kier molecular flexibility index (Phi) is 4.91. The molecule has 0 unspecified atom stereocenters. The molecular weight excluding hydrogens is 314 g/mol. The van der Waals surface area contributed by atoms with E-state index in [2.05, 4.69) is 27.8 Å². The Morgan fingerprint density at radius 1 is 1.35 bits per heavy atom. The lowest BCUT2D eigenvalue weighted by molar-refractivity contribution is 0.0869. The third-order valence-corrected chi connectivity index (χ3v) is 4.26. The molecule has 0 bridgehead atoms. The summed E-state index contributed by atoms with van der Waals surface area (Å²) in [6, 6.07) is 11.3. The molecule has 3 N–H and O–H groups in total. The van der Waals surface area contributed by atoms with Crippen molar-refractivity contribution in [3.8, 4) is 0 Å². The van der Waals surface area contributed by atoms with E-state index in [1.54, 1.807) is 12.1 Å². The SMILES string of the molecule is O=C(NC[C@@H](O)[C@@H]1Cc2ccccc2CN1)c1ccc(Cl)nc1. The van der Waals surface area contributed by atoms with Crippen LogP contribution < -0.4 is 10.6 Å². The number of benzene rings is 1. The summed E-state index contributed by atoms with van der Waals surface area (Å²) in [5.74, 6) is -0.274. The van der Waals surface area contributed by atoms with E-state index in [1.165, 1.54) is 17.3 Å². The summed E-state index contributed by atoms with van der Waals surface area (Å²) < 4.78 is 0. The first-order valence-electron chi connectivity index (χ1n) is 7.51. The number of fused-ring (bicyclic) bond motifs is 1. The number of hydrogen-bond donors (Lipinski definition) is 3. The first-order valence-corrected chi connectivity index (χ1v) is 7.89. The van der Waals surface area contributed by atoms with Gasteiger partial charge in [0.05, 0.1) is 11.7 Å². The average Bonchev–Trinajstić information content (AvgIpc) is 2.59. The van der Waals surface area contributed by atoms with Gasteiger partial charge in [-0.25, -0.2) is 4.98 Å². The molecule has 2 heterocycles. The normalized spacial score (nSPS) is 18.1. The van der Waals surface area contributed by atoms with Crippen LogP contribution >= 0.6 is 11.6 Å². The van der Waals surface area contributed by atoms with Gasteiger partial charge in [-0.05, 0) is 29.7 Å². The van der Waals surface area contributed by atoms with Gasteiger partial charge in [-0.1, -0.05) is 35.9 Å². The highest BCUT2D eigenvalue weighted by Crippen LogP contribution is 2.17. The molecule has 0 spiro atoms. The molecule has 2 atom stereocenters. The van der Waals surface area contributed by atoms with E-state index in [1.807, 2.05) is 12.1 Å². The Morgan fingerprint density at radius 2 is 2.13 bits per heavy atom. The molecule has 0 aliphatic carbocycles. The summed E-state index contributed by atoms with van der Waals surface area (Å²) in [5.41, 5.74) is 2.92.